The predicted octanol–water partition coefficient (Wildman–Crippen LogP) is 3.55. The van der Waals surface area contributed by atoms with Gasteiger partial charge in [0.05, 0.1) is 18.2 Å². The molecule has 0 fully saturated rings. The molecule has 1 N–H and O–H groups in total. The third-order valence-electron chi connectivity index (χ3n) is 4.30. The van der Waals surface area contributed by atoms with Gasteiger partial charge in [-0.2, -0.15) is 0 Å². The lowest BCUT2D eigenvalue weighted by Crippen LogP contribution is -2.31. The summed E-state index contributed by atoms with van der Waals surface area (Å²) in [6, 6.07) is 12.7. The number of likely N-dealkylation sites (N-methyl/N-ethyl adjacent to an activating group) is 1. The summed E-state index contributed by atoms with van der Waals surface area (Å²) in [6.45, 7) is 1.97. The van der Waals surface area contributed by atoms with Crippen molar-refractivity contribution in [3.05, 3.63) is 77.1 Å². The zero-order valence-electron chi connectivity index (χ0n) is 15.1. The van der Waals surface area contributed by atoms with Gasteiger partial charge in [-0.3, -0.25) is 19.9 Å². The molecule has 0 aliphatic carbocycles. The number of carbonyl (C=O) groups excluding carboxylic acids is 2. The van der Waals surface area contributed by atoms with Crippen molar-refractivity contribution in [2.75, 3.05) is 12.4 Å². The normalized spacial score (nSPS) is 11.6. The maximum Gasteiger partial charge on any atom is 0.257 e. The van der Waals surface area contributed by atoms with Crippen LogP contribution >= 0.6 is 11.3 Å². The van der Waals surface area contributed by atoms with Gasteiger partial charge in [-0.15, -0.1) is 11.3 Å². The van der Waals surface area contributed by atoms with Crippen LogP contribution in [0.5, 0.6) is 0 Å². The molecule has 0 aliphatic heterocycles. The molecule has 1 unspecified atom stereocenters. The fourth-order valence-corrected chi connectivity index (χ4v) is 3.27. The Labute approximate surface area is 161 Å². The number of nitrogens with zero attached hydrogens (tertiary/aromatic N) is 3. The van der Waals surface area contributed by atoms with E-state index < -0.39 is 0 Å². The Morgan fingerprint density at radius 3 is 2.56 bits per heavy atom. The van der Waals surface area contributed by atoms with Crippen molar-refractivity contribution in [3.8, 4) is 0 Å². The van der Waals surface area contributed by atoms with Crippen LogP contribution in [-0.2, 0) is 11.2 Å². The van der Waals surface area contributed by atoms with E-state index in [1.165, 1.54) is 11.3 Å². The summed E-state index contributed by atoms with van der Waals surface area (Å²) in [5.41, 5.74) is 2.23. The summed E-state index contributed by atoms with van der Waals surface area (Å²) >= 11 is 1.31. The highest BCUT2D eigenvalue weighted by Crippen LogP contribution is 2.21. The Hall–Kier alpha value is -3.06. The molecular weight excluding hydrogens is 360 g/mol. The van der Waals surface area contributed by atoms with E-state index in [0.717, 1.165) is 5.56 Å². The minimum absolute atomic E-state index is 0.0365. The van der Waals surface area contributed by atoms with E-state index in [1.807, 2.05) is 25.1 Å². The number of hydrogen-bond acceptors (Lipinski definition) is 5. The molecule has 7 heteroatoms. The number of amides is 2. The average Bonchev–Trinajstić information content (AvgIpc) is 3.14. The van der Waals surface area contributed by atoms with Gasteiger partial charge in [0, 0.05) is 30.4 Å². The second-order valence-electron chi connectivity index (χ2n) is 6.10. The van der Waals surface area contributed by atoms with Gasteiger partial charge in [-0.25, -0.2) is 4.98 Å². The number of carbonyl (C=O) groups is 2. The highest BCUT2D eigenvalue weighted by Gasteiger charge is 2.19. The van der Waals surface area contributed by atoms with E-state index in [-0.39, 0.29) is 24.3 Å². The third-order valence-corrected chi connectivity index (χ3v) is 5.11. The minimum atomic E-state index is -0.216. The monoisotopic (exact) mass is 380 g/mol. The molecule has 0 bridgehead atoms. The van der Waals surface area contributed by atoms with E-state index >= 15 is 0 Å². The molecule has 3 aromatic rings. The number of hydrogen-bond donors (Lipinski definition) is 1. The van der Waals surface area contributed by atoms with Crippen molar-refractivity contribution in [2.24, 2.45) is 0 Å². The summed E-state index contributed by atoms with van der Waals surface area (Å²) in [4.78, 5) is 34.8. The first-order valence-corrected chi connectivity index (χ1v) is 9.39. The number of nitrogens with one attached hydrogen (secondary N) is 1. The predicted molar refractivity (Wildman–Crippen MR) is 106 cm³/mol. The van der Waals surface area contributed by atoms with Crippen LogP contribution in [-0.4, -0.2) is 33.7 Å². The van der Waals surface area contributed by atoms with Crippen molar-refractivity contribution in [1.29, 1.82) is 0 Å². The molecule has 2 aromatic heterocycles. The van der Waals surface area contributed by atoms with Gasteiger partial charge in [0.1, 0.15) is 0 Å². The standard InChI is InChI=1S/C20H20N4O2S/c1-14(15-8-10-21-11-9-15)24(2)18(25)12-17-13-27-20(22-17)23-19(26)16-6-4-3-5-7-16/h3-11,13-14H,12H2,1-2H3,(H,22,23,26). The fourth-order valence-electron chi connectivity index (χ4n) is 2.57. The third kappa shape index (κ3) is 4.77. The smallest absolute Gasteiger partial charge is 0.257 e. The molecule has 0 aliphatic rings. The lowest BCUT2D eigenvalue weighted by atomic mass is 10.1. The van der Waals surface area contributed by atoms with Crippen LogP contribution in [0.15, 0.2) is 60.2 Å². The molecule has 0 saturated heterocycles. The topological polar surface area (TPSA) is 75.2 Å². The first kappa shape index (κ1) is 18.7. The van der Waals surface area contributed by atoms with Crippen LogP contribution in [0.3, 0.4) is 0 Å². The summed E-state index contributed by atoms with van der Waals surface area (Å²) in [7, 11) is 1.78. The molecule has 3 rings (SSSR count). The maximum absolute atomic E-state index is 12.6. The van der Waals surface area contributed by atoms with E-state index in [4.69, 9.17) is 0 Å². The molecule has 1 aromatic carbocycles. The largest absolute Gasteiger partial charge is 0.339 e. The average molecular weight is 380 g/mol. The van der Waals surface area contributed by atoms with Gasteiger partial charge in [0.2, 0.25) is 5.91 Å². The van der Waals surface area contributed by atoms with Crippen molar-refractivity contribution in [2.45, 2.75) is 19.4 Å². The summed E-state index contributed by atoms with van der Waals surface area (Å²) in [6.07, 6.45) is 3.61. The molecular formula is C20H20N4O2S. The van der Waals surface area contributed by atoms with Gasteiger partial charge in [0.15, 0.2) is 5.13 Å². The Kier molecular flexibility index (Phi) is 5.93. The van der Waals surface area contributed by atoms with E-state index in [9.17, 15) is 9.59 Å². The second-order valence-corrected chi connectivity index (χ2v) is 6.96. The summed E-state index contributed by atoms with van der Waals surface area (Å²) in [5, 5.41) is 5.04. The number of pyridine rings is 1. The van der Waals surface area contributed by atoms with Crippen molar-refractivity contribution in [1.82, 2.24) is 14.9 Å². The molecule has 1 atom stereocenters. The molecule has 0 spiro atoms. The number of aromatic nitrogens is 2. The van der Waals surface area contributed by atoms with E-state index in [2.05, 4.69) is 15.3 Å². The van der Waals surface area contributed by atoms with Gasteiger partial charge >= 0.3 is 0 Å². The minimum Gasteiger partial charge on any atom is -0.339 e. The van der Waals surface area contributed by atoms with Crippen LogP contribution in [0.25, 0.3) is 0 Å². The Morgan fingerprint density at radius 1 is 1.15 bits per heavy atom. The Bertz CT molecular complexity index is 912. The molecule has 0 saturated carbocycles. The number of rotatable bonds is 6. The Balaban J connectivity index is 1.60. The number of benzene rings is 1. The van der Waals surface area contributed by atoms with Gasteiger partial charge in [0.25, 0.3) is 5.91 Å². The highest BCUT2D eigenvalue weighted by atomic mass is 32.1. The van der Waals surface area contributed by atoms with Crippen LogP contribution in [0.2, 0.25) is 0 Å². The van der Waals surface area contributed by atoms with Crippen molar-refractivity contribution < 1.29 is 9.59 Å². The lowest BCUT2D eigenvalue weighted by Gasteiger charge is -2.25. The maximum atomic E-state index is 12.6. The van der Waals surface area contributed by atoms with Crippen molar-refractivity contribution >= 4 is 28.3 Å². The van der Waals surface area contributed by atoms with E-state index in [0.29, 0.717) is 16.4 Å². The zero-order valence-corrected chi connectivity index (χ0v) is 15.9. The molecule has 2 amide bonds. The van der Waals surface area contributed by atoms with Gasteiger partial charge in [-0.1, -0.05) is 18.2 Å². The highest BCUT2D eigenvalue weighted by molar-refractivity contribution is 7.14. The molecule has 0 radical (unpaired) electrons. The van der Waals surface area contributed by atoms with E-state index in [1.54, 1.807) is 54.0 Å². The van der Waals surface area contributed by atoms with Crippen LogP contribution in [0.1, 0.15) is 34.6 Å². The van der Waals surface area contributed by atoms with Crippen molar-refractivity contribution in [3.63, 3.8) is 0 Å². The number of thiazole rings is 1. The molecule has 138 valence electrons. The first-order chi connectivity index (χ1) is 13.0. The van der Waals surface area contributed by atoms with Crippen LogP contribution in [0.4, 0.5) is 5.13 Å². The van der Waals surface area contributed by atoms with Gasteiger partial charge < -0.3 is 4.90 Å². The molecule has 2 heterocycles. The molecule has 27 heavy (non-hydrogen) atoms. The van der Waals surface area contributed by atoms with Crippen LogP contribution in [0, 0.1) is 0 Å². The van der Waals surface area contributed by atoms with Gasteiger partial charge in [-0.05, 0) is 36.8 Å². The second kappa shape index (κ2) is 8.55. The lowest BCUT2D eigenvalue weighted by molar-refractivity contribution is -0.131. The summed E-state index contributed by atoms with van der Waals surface area (Å²) in [5.74, 6) is -0.253. The Morgan fingerprint density at radius 2 is 1.85 bits per heavy atom. The SMILES string of the molecule is CC(c1ccncc1)N(C)C(=O)Cc1csc(NC(=O)c2ccccc2)n1. The summed E-state index contributed by atoms with van der Waals surface area (Å²) < 4.78 is 0. The fraction of sp³-hybridized carbons (Fsp3) is 0.200. The first-order valence-electron chi connectivity index (χ1n) is 8.51. The van der Waals surface area contributed by atoms with Crippen LogP contribution < -0.4 is 5.32 Å². The molecule has 6 nitrogen and oxygen atoms in total. The quantitative estimate of drug-likeness (QED) is 0.710. The zero-order chi connectivity index (χ0) is 19.2. The number of anilines is 1.